The number of guanidine groups is 1. The number of nitrogens with one attached hydrogen (secondary N) is 3. The van der Waals surface area contributed by atoms with E-state index in [9.17, 15) is 13.6 Å². The standard InChI is InChI=1S/C17H26F2N4O.HI/c1-5-20-16(22-11-15(24)23-17(2,3)4)21-9-8-12-10-13(18)6-7-14(12)19;/h6-7,10H,5,8-9,11H2,1-4H3,(H,23,24)(H2,20,21,22);1H. The van der Waals surface area contributed by atoms with Crippen LogP contribution in [-0.2, 0) is 11.2 Å². The quantitative estimate of drug-likeness (QED) is 0.342. The molecular weight excluding hydrogens is 441 g/mol. The van der Waals surface area contributed by atoms with Gasteiger partial charge in [0, 0.05) is 18.6 Å². The van der Waals surface area contributed by atoms with Gasteiger partial charge in [-0.2, -0.15) is 0 Å². The van der Waals surface area contributed by atoms with Gasteiger partial charge >= 0.3 is 0 Å². The highest BCUT2D eigenvalue weighted by Gasteiger charge is 2.13. The lowest BCUT2D eigenvalue weighted by Crippen LogP contribution is -2.43. The van der Waals surface area contributed by atoms with Crippen molar-refractivity contribution in [2.24, 2.45) is 4.99 Å². The molecule has 0 aliphatic rings. The molecule has 0 radical (unpaired) electrons. The number of aliphatic imine (C=N–C) groups is 1. The fraction of sp³-hybridized carbons (Fsp3) is 0.529. The summed E-state index contributed by atoms with van der Waals surface area (Å²) in [6.07, 6.45) is 0.308. The number of halogens is 3. The molecule has 25 heavy (non-hydrogen) atoms. The van der Waals surface area contributed by atoms with E-state index in [1.54, 1.807) is 0 Å². The van der Waals surface area contributed by atoms with Crippen molar-refractivity contribution in [1.82, 2.24) is 16.0 Å². The van der Waals surface area contributed by atoms with Gasteiger partial charge in [0.2, 0.25) is 5.91 Å². The minimum absolute atomic E-state index is 0. The van der Waals surface area contributed by atoms with Crippen LogP contribution >= 0.6 is 24.0 Å². The van der Waals surface area contributed by atoms with E-state index in [0.717, 1.165) is 12.1 Å². The average molecular weight is 468 g/mol. The molecule has 0 bridgehead atoms. The first kappa shape index (κ1) is 23.5. The second kappa shape index (κ2) is 11.2. The first-order valence-corrected chi connectivity index (χ1v) is 7.98. The van der Waals surface area contributed by atoms with Crippen molar-refractivity contribution in [2.75, 3.05) is 19.6 Å². The minimum Gasteiger partial charge on any atom is -0.357 e. The van der Waals surface area contributed by atoms with Gasteiger partial charge in [0.1, 0.15) is 18.2 Å². The Hall–Kier alpha value is -1.45. The van der Waals surface area contributed by atoms with Crippen LogP contribution in [0.2, 0.25) is 0 Å². The predicted octanol–water partition coefficient (Wildman–Crippen LogP) is 2.60. The summed E-state index contributed by atoms with van der Waals surface area (Å²) >= 11 is 0. The monoisotopic (exact) mass is 468 g/mol. The van der Waals surface area contributed by atoms with Crippen LogP contribution in [0.5, 0.6) is 0 Å². The summed E-state index contributed by atoms with van der Waals surface area (Å²) in [6, 6.07) is 3.38. The molecular formula is C17H27F2IN4O. The summed E-state index contributed by atoms with van der Waals surface area (Å²) in [4.78, 5) is 16.0. The Morgan fingerprint density at radius 3 is 2.48 bits per heavy atom. The molecule has 0 fully saturated rings. The number of nitrogens with zero attached hydrogens (tertiary/aromatic N) is 1. The molecule has 1 amide bonds. The van der Waals surface area contributed by atoms with Crippen LogP contribution in [0.3, 0.4) is 0 Å². The molecule has 0 saturated carbocycles. The number of carbonyl (C=O) groups excluding carboxylic acids is 1. The lowest BCUT2D eigenvalue weighted by molar-refractivity contribution is -0.121. The van der Waals surface area contributed by atoms with Crippen LogP contribution in [-0.4, -0.2) is 37.0 Å². The van der Waals surface area contributed by atoms with E-state index < -0.39 is 11.6 Å². The number of hydrogen-bond acceptors (Lipinski definition) is 2. The molecule has 0 aliphatic carbocycles. The van der Waals surface area contributed by atoms with Gasteiger partial charge in [-0.3, -0.25) is 4.79 Å². The van der Waals surface area contributed by atoms with E-state index in [-0.39, 0.29) is 42.0 Å². The van der Waals surface area contributed by atoms with Crippen LogP contribution in [0.25, 0.3) is 0 Å². The Balaban J connectivity index is 0.00000576. The topological polar surface area (TPSA) is 65.5 Å². The molecule has 0 atom stereocenters. The lowest BCUT2D eigenvalue weighted by Gasteiger charge is -2.20. The summed E-state index contributed by atoms with van der Waals surface area (Å²) in [7, 11) is 0. The molecule has 142 valence electrons. The fourth-order valence-corrected chi connectivity index (χ4v) is 2.00. The fourth-order valence-electron chi connectivity index (χ4n) is 2.00. The van der Waals surface area contributed by atoms with Crippen molar-refractivity contribution in [3.8, 4) is 0 Å². The van der Waals surface area contributed by atoms with E-state index in [1.807, 2.05) is 27.7 Å². The minimum atomic E-state index is -0.467. The summed E-state index contributed by atoms with van der Waals surface area (Å²) in [5, 5.41) is 8.83. The summed E-state index contributed by atoms with van der Waals surface area (Å²) in [5.74, 6) is -0.634. The van der Waals surface area contributed by atoms with Crippen molar-refractivity contribution < 1.29 is 13.6 Å². The van der Waals surface area contributed by atoms with Gasteiger partial charge in [0.15, 0.2) is 5.96 Å². The van der Waals surface area contributed by atoms with Crippen molar-refractivity contribution in [2.45, 2.75) is 39.7 Å². The van der Waals surface area contributed by atoms with Gasteiger partial charge < -0.3 is 16.0 Å². The molecule has 5 nitrogen and oxygen atoms in total. The molecule has 1 aromatic rings. The Morgan fingerprint density at radius 2 is 1.88 bits per heavy atom. The van der Waals surface area contributed by atoms with Crippen LogP contribution in [0.4, 0.5) is 8.78 Å². The maximum atomic E-state index is 13.6. The third kappa shape index (κ3) is 10.2. The summed E-state index contributed by atoms with van der Waals surface area (Å²) in [5.41, 5.74) is -0.0170. The van der Waals surface area contributed by atoms with E-state index in [0.29, 0.717) is 31.0 Å². The highest BCUT2D eigenvalue weighted by Crippen LogP contribution is 2.09. The Bertz CT molecular complexity index is 589. The highest BCUT2D eigenvalue weighted by molar-refractivity contribution is 14.0. The van der Waals surface area contributed by atoms with Crippen molar-refractivity contribution in [1.29, 1.82) is 0 Å². The Labute approximate surface area is 165 Å². The maximum Gasteiger partial charge on any atom is 0.242 e. The van der Waals surface area contributed by atoms with Gasteiger partial charge in [-0.25, -0.2) is 13.8 Å². The first-order valence-electron chi connectivity index (χ1n) is 7.98. The van der Waals surface area contributed by atoms with Crippen LogP contribution in [0, 0.1) is 11.6 Å². The largest absolute Gasteiger partial charge is 0.357 e. The van der Waals surface area contributed by atoms with E-state index in [4.69, 9.17) is 0 Å². The predicted molar refractivity (Wildman–Crippen MR) is 107 cm³/mol. The highest BCUT2D eigenvalue weighted by atomic mass is 127. The molecule has 0 spiro atoms. The van der Waals surface area contributed by atoms with Gasteiger partial charge in [-0.05, 0) is 57.9 Å². The molecule has 8 heteroatoms. The van der Waals surface area contributed by atoms with Crippen LogP contribution in [0.1, 0.15) is 33.3 Å². The SMILES string of the molecule is CCNC(=NCC(=O)NC(C)(C)C)NCCc1cc(F)ccc1F.I. The van der Waals surface area contributed by atoms with Crippen molar-refractivity contribution in [3.05, 3.63) is 35.4 Å². The first-order chi connectivity index (χ1) is 11.2. The lowest BCUT2D eigenvalue weighted by atomic mass is 10.1. The van der Waals surface area contributed by atoms with Crippen LogP contribution < -0.4 is 16.0 Å². The normalized spacial score (nSPS) is 11.5. The second-order valence-corrected chi connectivity index (χ2v) is 6.41. The number of amides is 1. The number of rotatable bonds is 6. The number of hydrogen-bond donors (Lipinski definition) is 3. The zero-order valence-electron chi connectivity index (χ0n) is 15.1. The van der Waals surface area contributed by atoms with Gasteiger partial charge in [-0.15, -0.1) is 24.0 Å². The van der Waals surface area contributed by atoms with Crippen LogP contribution in [0.15, 0.2) is 23.2 Å². The van der Waals surface area contributed by atoms with Crippen molar-refractivity contribution in [3.63, 3.8) is 0 Å². The van der Waals surface area contributed by atoms with Gasteiger partial charge in [0.05, 0.1) is 0 Å². The van der Waals surface area contributed by atoms with E-state index in [2.05, 4.69) is 20.9 Å². The molecule has 0 heterocycles. The molecule has 0 unspecified atom stereocenters. The average Bonchev–Trinajstić information content (AvgIpc) is 2.46. The molecule has 1 aromatic carbocycles. The number of benzene rings is 1. The van der Waals surface area contributed by atoms with E-state index >= 15 is 0 Å². The Morgan fingerprint density at radius 1 is 1.20 bits per heavy atom. The number of carbonyl (C=O) groups is 1. The van der Waals surface area contributed by atoms with Gasteiger partial charge in [-0.1, -0.05) is 0 Å². The van der Waals surface area contributed by atoms with Gasteiger partial charge in [0.25, 0.3) is 0 Å². The molecule has 0 aliphatic heterocycles. The summed E-state index contributed by atoms with van der Waals surface area (Å²) in [6.45, 7) is 8.57. The smallest absolute Gasteiger partial charge is 0.242 e. The third-order valence-electron chi connectivity index (χ3n) is 2.93. The molecule has 1 rings (SSSR count). The molecule has 0 saturated heterocycles. The zero-order chi connectivity index (χ0) is 18.2. The van der Waals surface area contributed by atoms with Crippen molar-refractivity contribution >= 4 is 35.8 Å². The third-order valence-corrected chi connectivity index (χ3v) is 2.93. The maximum absolute atomic E-state index is 13.6. The molecule has 3 N–H and O–H groups in total. The summed E-state index contributed by atoms with van der Waals surface area (Å²) < 4.78 is 26.7. The Kier molecular flexibility index (Phi) is 10.6. The molecule has 0 aromatic heterocycles. The zero-order valence-corrected chi connectivity index (χ0v) is 17.4. The van der Waals surface area contributed by atoms with E-state index in [1.165, 1.54) is 6.07 Å². The second-order valence-electron chi connectivity index (χ2n) is 6.41.